The fourth-order valence-corrected chi connectivity index (χ4v) is 8.62. The van der Waals surface area contributed by atoms with E-state index in [0.717, 1.165) is 11.4 Å². The maximum absolute atomic E-state index is 12.9. The van der Waals surface area contributed by atoms with Gasteiger partial charge in [0.1, 0.15) is 5.66 Å². The van der Waals surface area contributed by atoms with Gasteiger partial charge < -0.3 is 19.3 Å². The SMILES string of the molecule is CC(C)c1c([P+](O)(O)O)c2ccccc2n1-c1ccccc1N1c2ccccc2C(P(=O)(O)O)C1C(C)C. The van der Waals surface area contributed by atoms with E-state index in [1.54, 1.807) is 24.3 Å². The third-order valence-corrected chi connectivity index (χ3v) is 9.67. The van der Waals surface area contributed by atoms with Crippen LogP contribution in [0.4, 0.5) is 11.4 Å². The number of rotatable bonds is 6. The van der Waals surface area contributed by atoms with Crippen LogP contribution in [-0.4, -0.2) is 35.1 Å². The molecule has 0 spiro atoms. The zero-order chi connectivity index (χ0) is 27.6. The summed E-state index contributed by atoms with van der Waals surface area (Å²) in [6.07, 6.45) is 0. The molecule has 3 aromatic carbocycles. The molecule has 0 saturated heterocycles. The second kappa shape index (κ2) is 9.58. The minimum atomic E-state index is -4.53. The van der Waals surface area contributed by atoms with Gasteiger partial charge >= 0.3 is 15.5 Å². The minimum absolute atomic E-state index is 0.111. The predicted molar refractivity (Wildman–Crippen MR) is 153 cm³/mol. The Morgan fingerprint density at radius 3 is 1.92 bits per heavy atom. The lowest BCUT2D eigenvalue weighted by molar-refractivity contribution is 0.339. The zero-order valence-electron chi connectivity index (χ0n) is 21.7. The molecule has 10 heteroatoms. The summed E-state index contributed by atoms with van der Waals surface area (Å²) in [5, 5.41) is 0.662. The minimum Gasteiger partial charge on any atom is -0.335 e. The molecule has 5 rings (SSSR count). The van der Waals surface area contributed by atoms with Gasteiger partial charge in [-0.05, 0) is 47.7 Å². The molecule has 1 aromatic heterocycles. The zero-order valence-corrected chi connectivity index (χ0v) is 23.5. The lowest BCUT2D eigenvalue weighted by Gasteiger charge is -2.35. The van der Waals surface area contributed by atoms with Crippen LogP contribution in [0.5, 0.6) is 0 Å². The van der Waals surface area contributed by atoms with Gasteiger partial charge in [0.25, 0.3) is 0 Å². The number of benzene rings is 3. The van der Waals surface area contributed by atoms with Crippen molar-refractivity contribution in [3.05, 3.63) is 84.1 Å². The number of para-hydroxylation sites is 4. The molecular weight excluding hydrogens is 522 g/mol. The highest BCUT2D eigenvalue weighted by Gasteiger charge is 2.50. The molecule has 38 heavy (non-hydrogen) atoms. The van der Waals surface area contributed by atoms with Crippen LogP contribution >= 0.6 is 15.5 Å². The Hall–Kier alpha value is -2.54. The van der Waals surface area contributed by atoms with Crippen LogP contribution < -0.4 is 10.2 Å². The molecule has 0 bridgehead atoms. The summed E-state index contributed by atoms with van der Waals surface area (Å²) in [5.74, 6) is -0.300. The van der Waals surface area contributed by atoms with Gasteiger partial charge in [0, 0.05) is 5.69 Å². The first-order valence-electron chi connectivity index (χ1n) is 12.6. The highest BCUT2D eigenvalue weighted by atomic mass is 31.2. The third kappa shape index (κ3) is 4.31. The molecule has 5 N–H and O–H groups in total. The maximum Gasteiger partial charge on any atom is 0.443 e. The van der Waals surface area contributed by atoms with Crippen molar-refractivity contribution in [2.75, 3.05) is 4.90 Å². The molecule has 2 heterocycles. The van der Waals surface area contributed by atoms with Crippen LogP contribution in [0.15, 0.2) is 72.8 Å². The molecular formula is C28H33N2O6P2+. The Labute approximate surface area is 222 Å². The van der Waals surface area contributed by atoms with Gasteiger partial charge in [-0.15, -0.1) is 0 Å². The van der Waals surface area contributed by atoms with Gasteiger partial charge in [0.05, 0.1) is 34.0 Å². The first-order valence-corrected chi connectivity index (χ1v) is 15.9. The lowest BCUT2D eigenvalue weighted by Crippen LogP contribution is -2.35. The van der Waals surface area contributed by atoms with Crippen LogP contribution in [0.25, 0.3) is 16.6 Å². The van der Waals surface area contributed by atoms with Crippen molar-refractivity contribution in [1.82, 2.24) is 4.57 Å². The molecule has 0 saturated carbocycles. The highest BCUT2D eigenvalue weighted by Crippen LogP contribution is 2.63. The summed E-state index contributed by atoms with van der Waals surface area (Å²) in [7, 11) is -8.92. The maximum atomic E-state index is 12.9. The molecule has 2 atom stereocenters. The summed E-state index contributed by atoms with van der Waals surface area (Å²) in [5.41, 5.74) is 3.02. The van der Waals surface area contributed by atoms with E-state index < -0.39 is 27.2 Å². The van der Waals surface area contributed by atoms with Gasteiger partial charge in [-0.25, -0.2) is 0 Å². The smallest absolute Gasteiger partial charge is 0.335 e. The first-order chi connectivity index (χ1) is 17.8. The summed E-state index contributed by atoms with van der Waals surface area (Å²) in [6.45, 7) is 7.77. The van der Waals surface area contributed by atoms with Crippen molar-refractivity contribution in [3.63, 3.8) is 0 Å². The largest absolute Gasteiger partial charge is 0.443 e. The monoisotopic (exact) mass is 555 g/mol. The molecule has 4 aromatic rings. The van der Waals surface area contributed by atoms with Crippen molar-refractivity contribution in [1.29, 1.82) is 0 Å². The Balaban J connectivity index is 1.87. The number of nitrogens with zero attached hydrogens (tertiary/aromatic N) is 2. The molecule has 1 aliphatic heterocycles. The second-order valence-electron chi connectivity index (χ2n) is 10.5. The number of fused-ring (bicyclic) bond motifs is 2. The molecule has 0 aliphatic carbocycles. The van der Waals surface area contributed by atoms with Crippen molar-refractivity contribution in [2.45, 2.75) is 45.3 Å². The van der Waals surface area contributed by atoms with E-state index in [2.05, 4.69) is 0 Å². The third-order valence-electron chi connectivity index (χ3n) is 7.29. The van der Waals surface area contributed by atoms with E-state index in [4.69, 9.17) is 0 Å². The lowest BCUT2D eigenvalue weighted by atomic mass is 9.98. The number of anilines is 2. The fourth-order valence-electron chi connectivity index (χ4n) is 5.98. The first kappa shape index (κ1) is 27.0. The quantitative estimate of drug-likeness (QED) is 0.199. The van der Waals surface area contributed by atoms with E-state index in [1.165, 1.54) is 0 Å². The van der Waals surface area contributed by atoms with Crippen molar-refractivity contribution in [2.24, 2.45) is 5.92 Å². The van der Waals surface area contributed by atoms with Crippen LogP contribution in [0.3, 0.4) is 0 Å². The van der Waals surface area contributed by atoms with E-state index >= 15 is 0 Å². The molecule has 8 nitrogen and oxygen atoms in total. The second-order valence-corrected chi connectivity index (χ2v) is 13.8. The van der Waals surface area contributed by atoms with E-state index in [1.807, 2.05) is 85.7 Å². The summed E-state index contributed by atoms with van der Waals surface area (Å²) in [4.78, 5) is 54.6. The van der Waals surface area contributed by atoms with Crippen LogP contribution in [-0.2, 0) is 4.57 Å². The Morgan fingerprint density at radius 1 is 0.789 bits per heavy atom. The van der Waals surface area contributed by atoms with E-state index in [9.17, 15) is 29.0 Å². The van der Waals surface area contributed by atoms with Crippen LogP contribution in [0, 0.1) is 5.92 Å². The molecule has 200 valence electrons. The normalized spacial score (nSPS) is 18.1. The van der Waals surface area contributed by atoms with Gasteiger partial charge in [-0.3, -0.25) is 4.57 Å². The highest BCUT2D eigenvalue weighted by molar-refractivity contribution is 7.67. The number of hydrogen-bond donors (Lipinski definition) is 5. The van der Waals surface area contributed by atoms with E-state index in [-0.39, 0.29) is 17.1 Å². The number of aromatic nitrogens is 1. The standard InChI is InChI=1S/C28H32N2O6P2/c1-17(2)25-27(37(31,32)33)19-11-5-7-13-21(19)29(25)23-15-9-10-16-24(23)30-22-14-8-6-12-20(22)28(38(34,35)36)26(30)18(3)4/h5-18,25,27,34-36H,1-4H3,(H-,31,32,33)/p+1. The van der Waals surface area contributed by atoms with Gasteiger partial charge in [0.15, 0.2) is 0 Å². The Morgan fingerprint density at radius 2 is 1.34 bits per heavy atom. The average molecular weight is 556 g/mol. The van der Waals surface area contributed by atoms with Crippen molar-refractivity contribution < 1.29 is 29.0 Å². The molecule has 2 unspecified atom stereocenters. The Bertz CT molecular complexity index is 1550. The molecule has 0 fully saturated rings. The Kier molecular flexibility index (Phi) is 6.82. The summed E-state index contributed by atoms with van der Waals surface area (Å²) < 4.78 is 14.8. The molecule has 0 amide bonds. The predicted octanol–water partition coefficient (Wildman–Crippen LogP) is 5.51. The average Bonchev–Trinajstić information content (AvgIpc) is 3.38. The van der Waals surface area contributed by atoms with Crippen LogP contribution in [0.1, 0.15) is 50.5 Å². The van der Waals surface area contributed by atoms with Crippen molar-refractivity contribution in [3.8, 4) is 5.69 Å². The van der Waals surface area contributed by atoms with Gasteiger partial charge in [0.2, 0.25) is 5.30 Å². The van der Waals surface area contributed by atoms with Crippen LogP contribution in [0.2, 0.25) is 0 Å². The van der Waals surface area contributed by atoms with Gasteiger partial charge in [-0.2, -0.15) is 14.7 Å². The molecule has 1 aliphatic rings. The summed E-state index contributed by atoms with van der Waals surface area (Å²) in [6, 6.07) is 21.7. The topological polar surface area (TPSA) is 126 Å². The summed E-state index contributed by atoms with van der Waals surface area (Å²) >= 11 is 0. The van der Waals surface area contributed by atoms with Crippen molar-refractivity contribution >= 4 is 43.1 Å². The van der Waals surface area contributed by atoms with E-state index in [0.29, 0.717) is 27.8 Å². The molecule has 0 radical (unpaired) electrons. The van der Waals surface area contributed by atoms with Gasteiger partial charge in [-0.1, -0.05) is 70.2 Å². The fraction of sp³-hybridized carbons (Fsp3) is 0.286. The number of hydrogen-bond acceptors (Lipinski definition) is 5.